The predicted molar refractivity (Wildman–Crippen MR) is 76.7 cm³/mol. The van der Waals surface area contributed by atoms with Gasteiger partial charge in [-0.2, -0.15) is 11.8 Å². The van der Waals surface area contributed by atoms with Crippen molar-refractivity contribution in [3.8, 4) is 0 Å². The van der Waals surface area contributed by atoms with Crippen molar-refractivity contribution < 1.29 is 9.18 Å². The van der Waals surface area contributed by atoms with Crippen LogP contribution in [0.2, 0.25) is 0 Å². The van der Waals surface area contributed by atoms with E-state index in [4.69, 9.17) is 0 Å². The molecule has 1 aliphatic heterocycles. The van der Waals surface area contributed by atoms with Crippen molar-refractivity contribution in [1.82, 2.24) is 9.80 Å². The zero-order chi connectivity index (χ0) is 13.8. The van der Waals surface area contributed by atoms with Gasteiger partial charge in [0, 0.05) is 24.6 Å². The molecule has 3 nitrogen and oxygen atoms in total. The van der Waals surface area contributed by atoms with Gasteiger partial charge in [0.2, 0.25) is 5.91 Å². The Morgan fingerprint density at radius 3 is 2.63 bits per heavy atom. The first-order chi connectivity index (χ1) is 9.09. The molecule has 0 saturated carbocycles. The number of halogens is 1. The van der Waals surface area contributed by atoms with Crippen molar-refractivity contribution in [2.75, 3.05) is 38.7 Å². The fourth-order valence-electron chi connectivity index (χ4n) is 2.29. The summed E-state index contributed by atoms with van der Waals surface area (Å²) in [7, 11) is 3.71. The molecule has 1 amide bonds. The Hall–Kier alpha value is -1.07. The molecule has 1 unspecified atom stereocenters. The fraction of sp³-hybridized carbons (Fsp3) is 0.500. The van der Waals surface area contributed by atoms with Gasteiger partial charge >= 0.3 is 0 Å². The van der Waals surface area contributed by atoms with E-state index < -0.39 is 6.04 Å². The molecular formula is C14H19FN2OS. The van der Waals surface area contributed by atoms with Gasteiger partial charge in [0.15, 0.2) is 0 Å². The first-order valence-corrected chi connectivity index (χ1v) is 7.53. The molecular weight excluding hydrogens is 263 g/mol. The maximum absolute atomic E-state index is 13.3. The summed E-state index contributed by atoms with van der Waals surface area (Å²) in [6, 6.07) is 5.91. The molecule has 1 fully saturated rings. The number of hydrogen-bond donors (Lipinski definition) is 0. The van der Waals surface area contributed by atoms with Gasteiger partial charge in [0.05, 0.1) is 0 Å². The first kappa shape index (κ1) is 14.3. The molecule has 0 radical (unpaired) electrons. The predicted octanol–water partition coefficient (Wildman–Crippen LogP) is 2.00. The molecule has 5 heteroatoms. The molecule has 1 aromatic rings. The second-order valence-corrected chi connectivity index (χ2v) is 6.08. The van der Waals surface area contributed by atoms with Gasteiger partial charge in [0.1, 0.15) is 11.9 Å². The number of likely N-dealkylation sites (N-methyl/N-ethyl adjacent to an activating group) is 1. The van der Waals surface area contributed by atoms with Gasteiger partial charge in [-0.05, 0) is 31.8 Å². The second kappa shape index (κ2) is 6.39. The maximum Gasteiger partial charge on any atom is 0.244 e. The number of carbonyl (C=O) groups is 1. The number of carbonyl (C=O) groups excluding carboxylic acids is 1. The molecule has 0 spiro atoms. The third-order valence-electron chi connectivity index (χ3n) is 3.24. The lowest BCUT2D eigenvalue weighted by molar-refractivity contribution is -0.136. The molecule has 2 rings (SSSR count). The largest absolute Gasteiger partial charge is 0.339 e. The number of amides is 1. The average Bonchev–Trinajstić information content (AvgIpc) is 2.39. The van der Waals surface area contributed by atoms with Crippen molar-refractivity contribution in [2.24, 2.45) is 0 Å². The van der Waals surface area contributed by atoms with E-state index in [0.29, 0.717) is 5.56 Å². The Bertz CT molecular complexity index is 447. The van der Waals surface area contributed by atoms with Gasteiger partial charge in [-0.1, -0.05) is 12.1 Å². The molecule has 0 aliphatic carbocycles. The van der Waals surface area contributed by atoms with E-state index in [1.54, 1.807) is 6.07 Å². The Kier molecular flexibility index (Phi) is 4.82. The van der Waals surface area contributed by atoms with Gasteiger partial charge in [0.25, 0.3) is 0 Å². The summed E-state index contributed by atoms with van der Waals surface area (Å²) >= 11 is 1.87. The highest BCUT2D eigenvalue weighted by molar-refractivity contribution is 7.99. The molecule has 1 atom stereocenters. The van der Waals surface area contributed by atoms with Crippen LogP contribution < -0.4 is 0 Å². The molecule has 0 N–H and O–H groups in total. The molecule has 1 heterocycles. The quantitative estimate of drug-likeness (QED) is 0.847. The van der Waals surface area contributed by atoms with Crippen LogP contribution in [0.5, 0.6) is 0 Å². The molecule has 1 aliphatic rings. The molecule has 0 aromatic heterocycles. The third kappa shape index (κ3) is 3.48. The minimum absolute atomic E-state index is 0.0656. The summed E-state index contributed by atoms with van der Waals surface area (Å²) in [4.78, 5) is 16.3. The highest BCUT2D eigenvalue weighted by Gasteiger charge is 2.28. The molecule has 1 saturated heterocycles. The zero-order valence-electron chi connectivity index (χ0n) is 11.3. The molecule has 1 aromatic carbocycles. The standard InChI is InChI=1S/C14H19FN2OS/c1-16(2)13(11-4-3-5-12(15)10-11)14(18)17-6-8-19-9-7-17/h3-5,10,13H,6-9H2,1-2H3. The minimum atomic E-state index is -0.404. The van der Waals surface area contributed by atoms with Crippen molar-refractivity contribution >= 4 is 17.7 Å². The van der Waals surface area contributed by atoms with Gasteiger partial charge in [-0.3, -0.25) is 9.69 Å². The van der Waals surface area contributed by atoms with Crippen LogP contribution in [0.3, 0.4) is 0 Å². The van der Waals surface area contributed by atoms with E-state index in [2.05, 4.69) is 0 Å². The fourth-order valence-corrected chi connectivity index (χ4v) is 3.20. The highest BCUT2D eigenvalue weighted by atomic mass is 32.2. The van der Waals surface area contributed by atoms with Crippen molar-refractivity contribution in [3.05, 3.63) is 35.6 Å². The van der Waals surface area contributed by atoms with Crippen LogP contribution in [0.15, 0.2) is 24.3 Å². The van der Waals surface area contributed by atoms with Crippen LogP contribution in [0.25, 0.3) is 0 Å². The number of rotatable bonds is 3. The van der Waals surface area contributed by atoms with Crippen molar-refractivity contribution in [2.45, 2.75) is 6.04 Å². The Morgan fingerprint density at radius 1 is 1.37 bits per heavy atom. The van der Waals surface area contributed by atoms with Gasteiger partial charge < -0.3 is 4.90 Å². The summed E-state index contributed by atoms with van der Waals surface area (Å²) in [5.41, 5.74) is 0.716. The monoisotopic (exact) mass is 282 g/mol. The second-order valence-electron chi connectivity index (χ2n) is 4.86. The van der Waals surface area contributed by atoms with E-state index in [1.807, 2.05) is 41.7 Å². The van der Waals surface area contributed by atoms with Gasteiger partial charge in [-0.15, -0.1) is 0 Å². The van der Waals surface area contributed by atoms with Crippen LogP contribution in [0.4, 0.5) is 4.39 Å². The van der Waals surface area contributed by atoms with Crippen LogP contribution in [0.1, 0.15) is 11.6 Å². The average molecular weight is 282 g/mol. The van der Waals surface area contributed by atoms with Gasteiger partial charge in [-0.25, -0.2) is 4.39 Å². The molecule has 19 heavy (non-hydrogen) atoms. The lowest BCUT2D eigenvalue weighted by atomic mass is 10.0. The normalized spacial score (nSPS) is 17.6. The lowest BCUT2D eigenvalue weighted by Crippen LogP contribution is -2.44. The van der Waals surface area contributed by atoms with E-state index in [1.165, 1.54) is 12.1 Å². The van der Waals surface area contributed by atoms with E-state index in [-0.39, 0.29) is 11.7 Å². The third-order valence-corrected chi connectivity index (χ3v) is 4.18. The zero-order valence-corrected chi connectivity index (χ0v) is 12.1. The minimum Gasteiger partial charge on any atom is -0.339 e. The van der Waals surface area contributed by atoms with Crippen molar-refractivity contribution in [1.29, 1.82) is 0 Å². The number of benzene rings is 1. The maximum atomic E-state index is 13.3. The lowest BCUT2D eigenvalue weighted by Gasteiger charge is -2.33. The Morgan fingerprint density at radius 2 is 2.05 bits per heavy atom. The van der Waals surface area contributed by atoms with E-state index >= 15 is 0 Å². The van der Waals surface area contributed by atoms with Crippen LogP contribution in [0, 0.1) is 5.82 Å². The van der Waals surface area contributed by atoms with E-state index in [9.17, 15) is 9.18 Å². The summed E-state index contributed by atoms with van der Waals surface area (Å²) in [5.74, 6) is 1.73. The van der Waals surface area contributed by atoms with Crippen LogP contribution in [-0.4, -0.2) is 54.4 Å². The van der Waals surface area contributed by atoms with E-state index in [0.717, 1.165) is 24.6 Å². The molecule has 0 bridgehead atoms. The smallest absolute Gasteiger partial charge is 0.244 e. The first-order valence-electron chi connectivity index (χ1n) is 6.38. The molecule has 104 valence electrons. The van der Waals surface area contributed by atoms with Crippen molar-refractivity contribution in [3.63, 3.8) is 0 Å². The van der Waals surface area contributed by atoms with Crippen LogP contribution in [-0.2, 0) is 4.79 Å². The summed E-state index contributed by atoms with van der Waals surface area (Å²) in [5, 5.41) is 0. The number of thioether (sulfide) groups is 1. The Balaban J connectivity index is 2.22. The number of hydrogen-bond acceptors (Lipinski definition) is 3. The summed E-state index contributed by atoms with van der Waals surface area (Å²) in [6.45, 7) is 1.56. The topological polar surface area (TPSA) is 23.6 Å². The highest BCUT2D eigenvalue weighted by Crippen LogP contribution is 2.23. The number of nitrogens with zero attached hydrogens (tertiary/aromatic N) is 2. The summed E-state index contributed by atoms with van der Waals surface area (Å²) < 4.78 is 13.3. The Labute approximate surface area is 117 Å². The van der Waals surface area contributed by atoms with Crippen LogP contribution >= 0.6 is 11.8 Å². The SMILES string of the molecule is CN(C)C(C(=O)N1CCSCC1)c1cccc(F)c1. The summed E-state index contributed by atoms with van der Waals surface area (Å²) in [6.07, 6.45) is 0.